The molecule has 0 aliphatic carbocycles. The van der Waals surface area contributed by atoms with Crippen molar-refractivity contribution in [3.63, 3.8) is 0 Å². The molecule has 1 amide bonds. The number of nitrogens with zero attached hydrogens (tertiary/aromatic N) is 1. The largest absolute Gasteiger partial charge is 0.491 e. The summed E-state index contributed by atoms with van der Waals surface area (Å²) >= 11 is 0. The molecule has 0 bridgehead atoms. The highest BCUT2D eigenvalue weighted by molar-refractivity contribution is 6.74. The van der Waals surface area contributed by atoms with E-state index in [0.717, 1.165) is 0 Å². The lowest BCUT2D eigenvalue weighted by atomic mass is 9.92. The van der Waals surface area contributed by atoms with Gasteiger partial charge < -0.3 is 28.6 Å². The highest BCUT2D eigenvalue weighted by Crippen LogP contribution is 2.39. The van der Waals surface area contributed by atoms with Gasteiger partial charge in [-0.1, -0.05) is 32.8 Å². The molecule has 37 heavy (non-hydrogen) atoms. The number of carboxylic acid groups (broad SMARTS) is 1. The molecule has 0 radical (unpaired) electrons. The van der Waals surface area contributed by atoms with Crippen LogP contribution in [0.4, 0.5) is 4.79 Å². The minimum Gasteiger partial charge on any atom is -0.491 e. The second-order valence-corrected chi connectivity index (χ2v) is 16.7. The van der Waals surface area contributed by atoms with Crippen molar-refractivity contribution in [2.45, 2.75) is 90.3 Å². The molecule has 0 spiro atoms. The highest BCUT2D eigenvalue weighted by Gasteiger charge is 2.38. The Morgan fingerprint density at radius 1 is 1.16 bits per heavy atom. The molecular weight excluding hydrogens is 490 g/mol. The molecule has 0 unspecified atom stereocenters. The summed E-state index contributed by atoms with van der Waals surface area (Å²) in [5.74, 6) is 1.83. The van der Waals surface area contributed by atoms with E-state index in [4.69, 9.17) is 25.1 Å². The standard InChI is InChI=1S/C28H43NO7Si/c1-10-15-33-21-13-14-29(26(32)36-27(2,3)4)23(19-21)22-12-11-20(25(30)31)18-24(22)34-16-17-35-37(8,9)28(5,6)7/h1,11-12,18,21,23H,13-17,19H2,2-9H3,(H,30,31)/t21-,23-/m0/s1. The summed E-state index contributed by atoms with van der Waals surface area (Å²) < 4.78 is 23.8. The molecule has 1 aromatic rings. The predicted molar refractivity (Wildman–Crippen MR) is 146 cm³/mol. The van der Waals surface area contributed by atoms with Gasteiger partial charge in [-0.2, -0.15) is 0 Å². The fraction of sp³-hybridized carbons (Fsp3) is 0.643. The molecule has 1 heterocycles. The van der Waals surface area contributed by atoms with Gasteiger partial charge in [0.2, 0.25) is 0 Å². The Bertz CT molecular complexity index is 988. The smallest absolute Gasteiger partial charge is 0.410 e. The number of benzene rings is 1. The number of rotatable bonds is 9. The fourth-order valence-corrected chi connectivity index (χ4v) is 4.84. The van der Waals surface area contributed by atoms with Gasteiger partial charge in [-0.3, -0.25) is 0 Å². The zero-order chi connectivity index (χ0) is 28.0. The van der Waals surface area contributed by atoms with Crippen molar-refractivity contribution < 1.29 is 33.3 Å². The van der Waals surface area contributed by atoms with Crippen LogP contribution in [0.15, 0.2) is 18.2 Å². The van der Waals surface area contributed by atoms with E-state index in [1.165, 1.54) is 12.1 Å². The number of likely N-dealkylation sites (tertiary alicyclic amines) is 1. The third-order valence-corrected chi connectivity index (χ3v) is 11.4. The molecular formula is C28H43NO7Si. The lowest BCUT2D eigenvalue weighted by Crippen LogP contribution is -2.45. The van der Waals surface area contributed by atoms with Crippen LogP contribution in [0, 0.1) is 12.3 Å². The first-order chi connectivity index (χ1) is 17.1. The molecule has 2 rings (SSSR count). The summed E-state index contributed by atoms with van der Waals surface area (Å²) in [5.41, 5.74) is 0.132. The summed E-state index contributed by atoms with van der Waals surface area (Å²) in [6.45, 7) is 17.5. The number of carbonyl (C=O) groups excluding carboxylic acids is 1. The van der Waals surface area contributed by atoms with Gasteiger partial charge >= 0.3 is 12.1 Å². The highest BCUT2D eigenvalue weighted by atomic mass is 28.4. The zero-order valence-corrected chi connectivity index (χ0v) is 24.6. The molecule has 1 aliphatic rings. The van der Waals surface area contributed by atoms with E-state index in [1.807, 2.05) is 20.8 Å². The molecule has 206 valence electrons. The Hall–Kier alpha value is -2.54. The van der Waals surface area contributed by atoms with Crippen LogP contribution in [0.1, 0.15) is 76.3 Å². The maximum absolute atomic E-state index is 13.1. The van der Waals surface area contributed by atoms with Gasteiger partial charge in [0.25, 0.3) is 0 Å². The van der Waals surface area contributed by atoms with E-state index in [-0.39, 0.29) is 29.9 Å². The van der Waals surface area contributed by atoms with Gasteiger partial charge in [0.15, 0.2) is 8.32 Å². The van der Waals surface area contributed by atoms with E-state index in [0.29, 0.717) is 37.3 Å². The second-order valence-electron chi connectivity index (χ2n) is 11.9. The Kier molecular flexibility index (Phi) is 10.2. The Labute approximate surface area is 222 Å². The van der Waals surface area contributed by atoms with Crippen LogP contribution in [0.2, 0.25) is 18.1 Å². The van der Waals surface area contributed by atoms with Crippen LogP contribution in [-0.2, 0) is 13.9 Å². The van der Waals surface area contributed by atoms with Crippen molar-refractivity contribution in [3.05, 3.63) is 29.3 Å². The zero-order valence-electron chi connectivity index (χ0n) is 23.6. The molecule has 0 saturated carbocycles. The summed E-state index contributed by atoms with van der Waals surface area (Å²) in [5, 5.41) is 9.65. The molecule has 1 saturated heterocycles. The van der Waals surface area contributed by atoms with Crippen molar-refractivity contribution >= 4 is 20.4 Å². The first-order valence-corrected chi connectivity index (χ1v) is 15.7. The van der Waals surface area contributed by atoms with Crippen molar-refractivity contribution in [1.82, 2.24) is 4.90 Å². The van der Waals surface area contributed by atoms with Gasteiger partial charge in [-0.05, 0) is 63.9 Å². The summed E-state index contributed by atoms with van der Waals surface area (Å²) in [7, 11) is -1.96. The van der Waals surface area contributed by atoms with Crippen LogP contribution in [0.3, 0.4) is 0 Å². The normalized spacial score (nSPS) is 18.7. The lowest BCUT2D eigenvalue weighted by Gasteiger charge is -2.40. The number of piperidine rings is 1. The molecule has 1 N–H and O–H groups in total. The minimum atomic E-state index is -1.96. The lowest BCUT2D eigenvalue weighted by molar-refractivity contribution is -0.0248. The Morgan fingerprint density at radius 2 is 1.84 bits per heavy atom. The molecule has 9 heteroatoms. The Morgan fingerprint density at radius 3 is 2.41 bits per heavy atom. The van der Waals surface area contributed by atoms with Gasteiger partial charge in [0.05, 0.1) is 24.3 Å². The fourth-order valence-electron chi connectivity index (χ4n) is 3.82. The monoisotopic (exact) mass is 533 g/mol. The third-order valence-electron chi connectivity index (χ3n) is 6.81. The van der Waals surface area contributed by atoms with Gasteiger partial charge in [-0.15, -0.1) is 6.42 Å². The van der Waals surface area contributed by atoms with Crippen molar-refractivity contribution in [1.29, 1.82) is 0 Å². The average Bonchev–Trinajstić information content (AvgIpc) is 2.78. The molecule has 2 atom stereocenters. The van der Waals surface area contributed by atoms with E-state index in [1.54, 1.807) is 11.0 Å². The molecule has 0 aromatic heterocycles. The topological polar surface area (TPSA) is 94.5 Å². The number of amides is 1. The number of hydrogen-bond donors (Lipinski definition) is 1. The predicted octanol–water partition coefficient (Wildman–Crippen LogP) is 5.88. The minimum absolute atomic E-state index is 0.0603. The number of aromatic carboxylic acids is 1. The quantitative estimate of drug-likeness (QED) is 0.241. The van der Waals surface area contributed by atoms with Gasteiger partial charge in [-0.25, -0.2) is 9.59 Å². The third kappa shape index (κ3) is 8.77. The van der Waals surface area contributed by atoms with Crippen LogP contribution in [0.25, 0.3) is 0 Å². The van der Waals surface area contributed by atoms with Crippen LogP contribution < -0.4 is 4.74 Å². The SMILES string of the molecule is C#CCO[C@H]1CCN(C(=O)OC(C)(C)C)[C@H](c2ccc(C(=O)O)cc2OCCO[Si](C)(C)C(C)(C)C)C1. The van der Waals surface area contributed by atoms with E-state index < -0.39 is 32.0 Å². The average molecular weight is 534 g/mol. The number of hydrogen-bond acceptors (Lipinski definition) is 6. The Balaban J connectivity index is 2.35. The molecule has 1 aliphatic heterocycles. The summed E-state index contributed by atoms with van der Waals surface area (Å²) in [6.07, 6.45) is 5.87. The second kappa shape index (κ2) is 12.3. The maximum Gasteiger partial charge on any atom is 0.410 e. The van der Waals surface area contributed by atoms with Gasteiger partial charge in [0.1, 0.15) is 24.6 Å². The molecule has 8 nitrogen and oxygen atoms in total. The maximum atomic E-state index is 13.1. The van der Waals surface area contributed by atoms with Gasteiger partial charge in [0, 0.05) is 12.1 Å². The van der Waals surface area contributed by atoms with E-state index in [2.05, 4.69) is 39.8 Å². The first-order valence-electron chi connectivity index (χ1n) is 12.7. The number of carbonyl (C=O) groups is 2. The van der Waals surface area contributed by atoms with Crippen molar-refractivity contribution in [2.24, 2.45) is 0 Å². The molecule has 1 aromatic carbocycles. The first kappa shape index (κ1) is 30.7. The van der Waals surface area contributed by atoms with Crippen LogP contribution >= 0.6 is 0 Å². The van der Waals surface area contributed by atoms with Crippen LogP contribution in [-0.4, -0.2) is 68.5 Å². The van der Waals surface area contributed by atoms with E-state index >= 15 is 0 Å². The number of terminal acetylenes is 1. The summed E-state index contributed by atoms with van der Waals surface area (Å²) in [4.78, 5) is 26.5. The number of ether oxygens (including phenoxy) is 3. The number of carboxylic acids is 1. The van der Waals surface area contributed by atoms with Crippen LogP contribution in [0.5, 0.6) is 5.75 Å². The van der Waals surface area contributed by atoms with Crippen molar-refractivity contribution in [2.75, 3.05) is 26.4 Å². The molecule has 1 fully saturated rings. The van der Waals surface area contributed by atoms with E-state index in [9.17, 15) is 14.7 Å². The van der Waals surface area contributed by atoms with Crippen molar-refractivity contribution in [3.8, 4) is 18.1 Å². The summed E-state index contributed by atoms with van der Waals surface area (Å²) in [6, 6.07) is 4.29.